The van der Waals surface area contributed by atoms with Gasteiger partial charge in [0.05, 0.1) is 29.7 Å². The van der Waals surface area contributed by atoms with Crippen LogP contribution in [0.1, 0.15) is 70.7 Å². The maximum atomic E-state index is 15.0. The number of hydrogen-bond donors (Lipinski definition) is 1. The molecule has 0 spiro atoms. The predicted octanol–water partition coefficient (Wildman–Crippen LogP) is 7.45. The summed E-state index contributed by atoms with van der Waals surface area (Å²) in [5, 5.41) is 3.10. The lowest BCUT2D eigenvalue weighted by Gasteiger charge is -2.32. The lowest BCUT2D eigenvalue weighted by molar-refractivity contribution is -0.164. The Bertz CT molecular complexity index is 1360. The number of aryl methyl sites for hydroxylation is 1. The van der Waals surface area contributed by atoms with E-state index in [0.29, 0.717) is 23.6 Å². The molecule has 0 radical (unpaired) electrons. The van der Waals surface area contributed by atoms with Crippen LogP contribution in [0.5, 0.6) is 0 Å². The summed E-state index contributed by atoms with van der Waals surface area (Å²) < 4.78 is 39.1. The fraction of sp³-hybridized carbons (Fsp3) is 0.438. The van der Waals surface area contributed by atoms with Crippen LogP contribution in [0, 0.1) is 5.82 Å². The minimum absolute atomic E-state index is 0.0874. The molecule has 3 atom stereocenters. The Morgan fingerprint density at radius 1 is 1.10 bits per heavy atom. The molecule has 3 unspecified atom stereocenters. The van der Waals surface area contributed by atoms with Crippen LogP contribution in [0.15, 0.2) is 57.9 Å². The van der Waals surface area contributed by atoms with Crippen molar-refractivity contribution in [1.82, 2.24) is 0 Å². The first-order valence-electron chi connectivity index (χ1n) is 14.0. The Kier molecular flexibility index (Phi) is 8.38. The van der Waals surface area contributed by atoms with Gasteiger partial charge in [-0.25, -0.2) is 14.2 Å². The molecule has 1 aliphatic heterocycles. The summed E-state index contributed by atoms with van der Waals surface area (Å²) in [7, 11) is 0. The summed E-state index contributed by atoms with van der Waals surface area (Å²) in [6.07, 6.45) is 4.82. The van der Waals surface area contributed by atoms with Gasteiger partial charge >= 0.3 is 5.97 Å². The van der Waals surface area contributed by atoms with Gasteiger partial charge < -0.3 is 23.9 Å². The molecule has 212 valence electrons. The molecule has 5 rings (SSSR count). The minimum atomic E-state index is -0.643. The summed E-state index contributed by atoms with van der Waals surface area (Å²) in [5.74, 6) is 0.180. The number of fused-ring (bicyclic) bond motifs is 1. The van der Waals surface area contributed by atoms with E-state index in [1.807, 2.05) is 32.9 Å². The van der Waals surface area contributed by atoms with Crippen molar-refractivity contribution in [3.63, 3.8) is 0 Å². The normalized spacial score (nSPS) is 20.6. The number of carbonyl (C=O) groups excluding carboxylic acids is 1. The van der Waals surface area contributed by atoms with Gasteiger partial charge in [-0.05, 0) is 76.1 Å². The molecular weight excluding hydrogens is 511 g/mol. The van der Waals surface area contributed by atoms with Gasteiger partial charge in [0.25, 0.3) is 0 Å². The molecule has 40 heavy (non-hydrogen) atoms. The van der Waals surface area contributed by atoms with E-state index in [1.165, 1.54) is 11.6 Å². The SMILES string of the molecule is CCc1ccc(-c2c(-c3ccccc3F)oc3c2C(OC2CCCC(OCC(=O)OC(C)(C)C)C2)N=CN3)cc1. The van der Waals surface area contributed by atoms with Crippen LogP contribution < -0.4 is 5.32 Å². The number of carbonyl (C=O) groups is 1. The van der Waals surface area contributed by atoms with Crippen molar-refractivity contribution < 1.29 is 27.8 Å². The Labute approximate surface area is 234 Å². The van der Waals surface area contributed by atoms with Crippen molar-refractivity contribution in [2.45, 2.75) is 83.8 Å². The van der Waals surface area contributed by atoms with Crippen LogP contribution in [0.3, 0.4) is 0 Å². The number of ether oxygens (including phenoxy) is 3. The van der Waals surface area contributed by atoms with Crippen molar-refractivity contribution in [3.05, 3.63) is 65.5 Å². The van der Waals surface area contributed by atoms with Crippen molar-refractivity contribution in [1.29, 1.82) is 0 Å². The summed E-state index contributed by atoms with van der Waals surface area (Å²) in [5.41, 5.74) is 3.42. The quantitative estimate of drug-likeness (QED) is 0.294. The van der Waals surface area contributed by atoms with E-state index in [1.54, 1.807) is 24.5 Å². The van der Waals surface area contributed by atoms with Crippen LogP contribution in [0.4, 0.5) is 10.3 Å². The lowest BCUT2D eigenvalue weighted by atomic mass is 9.93. The Hall–Kier alpha value is -3.49. The second-order valence-corrected chi connectivity index (χ2v) is 11.3. The van der Waals surface area contributed by atoms with Crippen LogP contribution in [0.2, 0.25) is 0 Å². The van der Waals surface area contributed by atoms with Crippen LogP contribution in [-0.4, -0.2) is 36.7 Å². The second-order valence-electron chi connectivity index (χ2n) is 11.3. The van der Waals surface area contributed by atoms with Crippen LogP contribution in [-0.2, 0) is 25.4 Å². The Balaban J connectivity index is 1.40. The van der Waals surface area contributed by atoms with Gasteiger partial charge in [-0.2, -0.15) is 0 Å². The molecule has 8 heteroatoms. The molecule has 7 nitrogen and oxygen atoms in total. The first kappa shape index (κ1) is 28.1. The van der Waals surface area contributed by atoms with Crippen LogP contribution in [0.25, 0.3) is 22.5 Å². The van der Waals surface area contributed by atoms with Gasteiger partial charge in [-0.15, -0.1) is 0 Å². The van der Waals surface area contributed by atoms with Gasteiger partial charge in [0.1, 0.15) is 23.8 Å². The van der Waals surface area contributed by atoms with Gasteiger partial charge in [0.15, 0.2) is 6.23 Å². The number of furan rings is 1. The lowest BCUT2D eigenvalue weighted by Crippen LogP contribution is -2.33. The molecule has 1 N–H and O–H groups in total. The smallest absolute Gasteiger partial charge is 0.332 e. The molecule has 3 aromatic rings. The fourth-order valence-electron chi connectivity index (χ4n) is 5.27. The number of hydrogen-bond acceptors (Lipinski definition) is 7. The zero-order chi connectivity index (χ0) is 28.3. The van der Waals surface area contributed by atoms with E-state index in [9.17, 15) is 9.18 Å². The fourth-order valence-corrected chi connectivity index (χ4v) is 5.27. The maximum Gasteiger partial charge on any atom is 0.332 e. The van der Waals surface area contributed by atoms with Crippen molar-refractivity contribution >= 4 is 18.2 Å². The number of rotatable bonds is 8. The molecule has 2 heterocycles. The summed E-state index contributed by atoms with van der Waals surface area (Å²) in [6, 6.07) is 14.8. The maximum absolute atomic E-state index is 15.0. The van der Waals surface area contributed by atoms with E-state index in [-0.39, 0.29) is 30.6 Å². The molecule has 0 bridgehead atoms. The standard InChI is InChI=1S/C32H37FN2O5/c1-5-20-13-15-21(16-14-20)27-28-30(34-19-35-31(28)39-29(27)24-11-6-7-12-25(24)33)38-23-10-8-9-22(17-23)37-18-26(36)40-32(2,3)4/h6-7,11-16,19,22-23,30H,5,8-10,17-18H2,1-4H3,(H,34,35). The van der Waals surface area contributed by atoms with Crippen molar-refractivity contribution in [2.24, 2.45) is 4.99 Å². The van der Waals surface area contributed by atoms with E-state index in [4.69, 9.17) is 18.6 Å². The van der Waals surface area contributed by atoms with Gasteiger partial charge in [0, 0.05) is 5.56 Å². The highest BCUT2D eigenvalue weighted by Crippen LogP contribution is 2.48. The first-order chi connectivity index (χ1) is 19.2. The topological polar surface area (TPSA) is 82.3 Å². The number of nitrogens with one attached hydrogen (secondary N) is 1. The first-order valence-corrected chi connectivity index (χ1v) is 14.0. The average molecular weight is 549 g/mol. The zero-order valence-electron chi connectivity index (χ0n) is 23.5. The average Bonchev–Trinajstić information content (AvgIpc) is 3.32. The number of esters is 1. The number of aliphatic imine (C=N–C) groups is 1. The monoisotopic (exact) mass is 548 g/mol. The van der Waals surface area contributed by atoms with E-state index < -0.39 is 11.8 Å². The Morgan fingerprint density at radius 3 is 2.58 bits per heavy atom. The number of halogens is 1. The molecule has 1 fully saturated rings. The number of nitrogens with zero attached hydrogens (tertiary/aromatic N) is 1. The largest absolute Gasteiger partial charge is 0.458 e. The minimum Gasteiger partial charge on any atom is -0.458 e. The Morgan fingerprint density at radius 2 is 1.85 bits per heavy atom. The number of benzene rings is 2. The second kappa shape index (κ2) is 11.9. The van der Waals surface area contributed by atoms with Gasteiger partial charge in [-0.1, -0.05) is 43.3 Å². The highest BCUT2D eigenvalue weighted by Gasteiger charge is 2.34. The highest BCUT2D eigenvalue weighted by atomic mass is 19.1. The van der Waals surface area contributed by atoms with Crippen molar-refractivity contribution in [2.75, 3.05) is 11.9 Å². The van der Waals surface area contributed by atoms with E-state index in [2.05, 4.69) is 29.4 Å². The van der Waals surface area contributed by atoms with E-state index in [0.717, 1.165) is 42.4 Å². The molecule has 1 aromatic heterocycles. The third-order valence-electron chi connectivity index (χ3n) is 7.12. The molecule has 2 aromatic carbocycles. The van der Waals surface area contributed by atoms with Crippen molar-refractivity contribution in [3.8, 4) is 22.5 Å². The summed E-state index contributed by atoms with van der Waals surface area (Å²) in [4.78, 5) is 16.8. The summed E-state index contributed by atoms with van der Waals surface area (Å²) in [6.45, 7) is 7.53. The predicted molar refractivity (Wildman–Crippen MR) is 153 cm³/mol. The van der Waals surface area contributed by atoms with Gasteiger partial charge in [0.2, 0.25) is 5.88 Å². The zero-order valence-corrected chi connectivity index (χ0v) is 23.5. The molecular formula is C32H37FN2O5. The third kappa shape index (κ3) is 6.45. The molecule has 0 amide bonds. The summed E-state index contributed by atoms with van der Waals surface area (Å²) >= 11 is 0. The van der Waals surface area contributed by atoms with Gasteiger partial charge in [-0.3, -0.25) is 0 Å². The highest BCUT2D eigenvalue weighted by molar-refractivity contribution is 5.90. The van der Waals surface area contributed by atoms with E-state index >= 15 is 0 Å². The molecule has 0 saturated heterocycles. The molecule has 1 aliphatic carbocycles. The number of anilines is 1. The molecule has 2 aliphatic rings. The molecule has 1 saturated carbocycles. The third-order valence-corrected chi connectivity index (χ3v) is 7.12. The van der Waals surface area contributed by atoms with Crippen LogP contribution >= 0.6 is 0 Å².